The summed E-state index contributed by atoms with van der Waals surface area (Å²) in [5.74, 6) is 2.45. The molecule has 0 aliphatic carbocycles. The molecule has 0 bridgehead atoms. The molecule has 7 heteroatoms. The maximum Gasteiger partial charge on any atom is 0.222 e. The number of nitrogens with zero attached hydrogens (tertiary/aromatic N) is 4. The number of aromatic nitrogens is 3. The van der Waals surface area contributed by atoms with E-state index in [1.165, 1.54) is 5.56 Å². The van der Waals surface area contributed by atoms with Crippen LogP contribution in [0.1, 0.15) is 24.0 Å². The van der Waals surface area contributed by atoms with Crippen molar-refractivity contribution in [1.29, 1.82) is 0 Å². The van der Waals surface area contributed by atoms with Crippen molar-refractivity contribution in [3.63, 3.8) is 0 Å². The maximum atomic E-state index is 13.4. The first kappa shape index (κ1) is 28.2. The molecule has 1 amide bonds. The van der Waals surface area contributed by atoms with Crippen LogP contribution in [-0.2, 0) is 17.8 Å². The minimum atomic E-state index is 0.173. The molecule has 1 heterocycles. The SMILES string of the molecule is COc1cccc(-c2nnc(SCCCC(=O)N(CCc3ccccc3)Cc3ccccc3)n2-c2ccccc2)c1. The highest BCUT2D eigenvalue weighted by atomic mass is 32.2. The fourth-order valence-electron chi connectivity index (χ4n) is 4.67. The minimum absolute atomic E-state index is 0.173. The minimum Gasteiger partial charge on any atom is -0.497 e. The molecule has 5 rings (SSSR count). The Bertz CT molecular complexity index is 1520. The predicted octanol–water partition coefficient (Wildman–Crippen LogP) is 7.09. The second kappa shape index (κ2) is 14.3. The summed E-state index contributed by atoms with van der Waals surface area (Å²) in [5, 5.41) is 9.87. The van der Waals surface area contributed by atoms with Gasteiger partial charge in [0.1, 0.15) is 5.75 Å². The van der Waals surface area contributed by atoms with Gasteiger partial charge in [-0.25, -0.2) is 0 Å². The van der Waals surface area contributed by atoms with E-state index in [-0.39, 0.29) is 5.91 Å². The molecule has 0 unspecified atom stereocenters. The lowest BCUT2D eigenvalue weighted by atomic mass is 10.1. The van der Waals surface area contributed by atoms with Crippen molar-refractivity contribution >= 4 is 17.7 Å². The summed E-state index contributed by atoms with van der Waals surface area (Å²) in [6.45, 7) is 1.31. The Morgan fingerprint density at radius 2 is 1.51 bits per heavy atom. The van der Waals surface area contributed by atoms with E-state index in [9.17, 15) is 4.79 Å². The summed E-state index contributed by atoms with van der Waals surface area (Å²) in [4.78, 5) is 15.4. The van der Waals surface area contributed by atoms with Crippen molar-refractivity contribution in [3.8, 4) is 22.8 Å². The normalized spacial score (nSPS) is 10.9. The van der Waals surface area contributed by atoms with Crippen LogP contribution in [-0.4, -0.2) is 45.0 Å². The second-order valence-electron chi connectivity index (χ2n) is 9.70. The van der Waals surface area contributed by atoms with Crippen LogP contribution in [0.15, 0.2) is 120 Å². The third kappa shape index (κ3) is 7.64. The van der Waals surface area contributed by atoms with Crippen LogP contribution >= 0.6 is 11.8 Å². The van der Waals surface area contributed by atoms with Crippen molar-refractivity contribution < 1.29 is 9.53 Å². The van der Waals surface area contributed by atoms with E-state index in [1.807, 2.05) is 83.8 Å². The molecule has 6 nitrogen and oxygen atoms in total. The number of carbonyl (C=O) groups is 1. The number of para-hydroxylation sites is 1. The van der Waals surface area contributed by atoms with Crippen molar-refractivity contribution in [3.05, 3.63) is 126 Å². The predicted molar refractivity (Wildman–Crippen MR) is 165 cm³/mol. The lowest BCUT2D eigenvalue weighted by molar-refractivity contribution is -0.131. The van der Waals surface area contributed by atoms with Gasteiger partial charge in [-0.2, -0.15) is 0 Å². The summed E-state index contributed by atoms with van der Waals surface area (Å²) in [6, 6.07) is 38.5. The van der Waals surface area contributed by atoms with Crippen LogP contribution in [0.25, 0.3) is 17.1 Å². The van der Waals surface area contributed by atoms with Gasteiger partial charge in [0.2, 0.25) is 5.91 Å². The highest BCUT2D eigenvalue weighted by Crippen LogP contribution is 2.30. The number of rotatable bonds is 13. The number of methoxy groups -OCH3 is 1. The fourth-order valence-corrected chi connectivity index (χ4v) is 5.56. The van der Waals surface area contributed by atoms with Crippen LogP contribution < -0.4 is 4.74 Å². The Balaban J connectivity index is 1.25. The third-order valence-corrected chi connectivity index (χ3v) is 7.84. The topological polar surface area (TPSA) is 60.3 Å². The zero-order valence-corrected chi connectivity index (χ0v) is 24.0. The summed E-state index contributed by atoms with van der Waals surface area (Å²) < 4.78 is 7.50. The smallest absolute Gasteiger partial charge is 0.222 e. The van der Waals surface area contributed by atoms with Gasteiger partial charge in [-0.1, -0.05) is 103 Å². The Hall–Kier alpha value is -4.36. The van der Waals surface area contributed by atoms with Gasteiger partial charge < -0.3 is 9.64 Å². The zero-order chi connectivity index (χ0) is 28.3. The molecule has 4 aromatic carbocycles. The Labute approximate surface area is 246 Å². The van der Waals surface area contributed by atoms with Crippen LogP contribution in [0.2, 0.25) is 0 Å². The molecule has 1 aromatic heterocycles. The Morgan fingerprint density at radius 1 is 0.829 bits per heavy atom. The summed E-state index contributed by atoms with van der Waals surface area (Å²) >= 11 is 1.62. The first-order chi connectivity index (χ1) is 20.2. The molecule has 0 saturated carbocycles. The van der Waals surface area contributed by atoms with E-state index >= 15 is 0 Å². The van der Waals surface area contributed by atoms with E-state index in [0.29, 0.717) is 19.5 Å². The maximum absolute atomic E-state index is 13.4. The molecule has 41 heavy (non-hydrogen) atoms. The van der Waals surface area contributed by atoms with Crippen LogP contribution in [0, 0.1) is 0 Å². The molecule has 0 radical (unpaired) electrons. The van der Waals surface area contributed by atoms with Crippen LogP contribution in [0.4, 0.5) is 0 Å². The van der Waals surface area contributed by atoms with Gasteiger partial charge in [0.25, 0.3) is 0 Å². The number of thioether (sulfide) groups is 1. The number of amides is 1. The highest BCUT2D eigenvalue weighted by molar-refractivity contribution is 7.99. The van der Waals surface area contributed by atoms with E-state index in [4.69, 9.17) is 4.74 Å². The van der Waals surface area contributed by atoms with E-state index in [2.05, 4.69) is 51.2 Å². The second-order valence-corrected chi connectivity index (χ2v) is 10.8. The number of hydrogen-bond donors (Lipinski definition) is 0. The van der Waals surface area contributed by atoms with Gasteiger partial charge >= 0.3 is 0 Å². The first-order valence-electron chi connectivity index (χ1n) is 13.8. The van der Waals surface area contributed by atoms with E-state index in [0.717, 1.165) is 52.1 Å². The van der Waals surface area contributed by atoms with Crippen molar-refractivity contribution in [2.24, 2.45) is 0 Å². The lowest BCUT2D eigenvalue weighted by Gasteiger charge is -2.23. The molecule has 0 fully saturated rings. The molecule has 5 aromatic rings. The summed E-state index contributed by atoms with van der Waals surface area (Å²) in [5.41, 5.74) is 4.30. The van der Waals surface area contributed by atoms with Gasteiger partial charge in [0.05, 0.1) is 7.11 Å². The number of carbonyl (C=O) groups excluding carboxylic acids is 1. The van der Waals surface area contributed by atoms with E-state index in [1.54, 1.807) is 18.9 Å². The average Bonchev–Trinajstić information content (AvgIpc) is 3.46. The van der Waals surface area contributed by atoms with E-state index < -0.39 is 0 Å². The van der Waals surface area contributed by atoms with Crippen molar-refractivity contribution in [1.82, 2.24) is 19.7 Å². The van der Waals surface area contributed by atoms with Crippen molar-refractivity contribution in [2.45, 2.75) is 31.0 Å². The molecule has 0 spiro atoms. The standard InChI is InChI=1S/C34H34N4O2S/c1-40-31-20-11-17-29(25-31)33-35-36-34(38(33)30-18-9-4-10-19-30)41-24-12-21-32(39)37(26-28-15-7-3-8-16-28)23-22-27-13-5-2-6-14-27/h2-11,13-20,25H,12,21-24,26H2,1H3. The molecule has 0 aliphatic heterocycles. The van der Waals surface area contributed by atoms with Gasteiger partial charge in [0.15, 0.2) is 11.0 Å². The zero-order valence-electron chi connectivity index (χ0n) is 23.2. The third-order valence-electron chi connectivity index (χ3n) is 6.82. The quantitative estimate of drug-likeness (QED) is 0.113. The van der Waals surface area contributed by atoms with Crippen LogP contribution in [0.5, 0.6) is 5.75 Å². The molecule has 0 N–H and O–H groups in total. The van der Waals surface area contributed by atoms with Gasteiger partial charge in [0, 0.05) is 36.5 Å². The van der Waals surface area contributed by atoms with Crippen LogP contribution in [0.3, 0.4) is 0 Å². The van der Waals surface area contributed by atoms with Gasteiger partial charge in [-0.15, -0.1) is 10.2 Å². The van der Waals surface area contributed by atoms with Crippen molar-refractivity contribution in [2.75, 3.05) is 19.4 Å². The van der Waals surface area contributed by atoms with Gasteiger partial charge in [-0.05, 0) is 48.2 Å². The number of benzene rings is 4. The monoisotopic (exact) mass is 562 g/mol. The lowest BCUT2D eigenvalue weighted by Crippen LogP contribution is -2.32. The molecule has 0 atom stereocenters. The molecule has 0 saturated heterocycles. The Morgan fingerprint density at radius 3 is 2.22 bits per heavy atom. The highest BCUT2D eigenvalue weighted by Gasteiger charge is 2.18. The largest absolute Gasteiger partial charge is 0.497 e. The summed E-state index contributed by atoms with van der Waals surface area (Å²) in [7, 11) is 1.66. The summed E-state index contributed by atoms with van der Waals surface area (Å²) in [6.07, 6.45) is 2.06. The fraction of sp³-hybridized carbons (Fsp3) is 0.206. The van der Waals surface area contributed by atoms with Gasteiger partial charge in [-0.3, -0.25) is 9.36 Å². The molecular formula is C34H34N4O2S. The molecular weight excluding hydrogens is 528 g/mol. The molecule has 208 valence electrons. The Kier molecular flexibility index (Phi) is 9.84. The molecule has 0 aliphatic rings. The number of ether oxygens (including phenoxy) is 1. The first-order valence-corrected chi connectivity index (χ1v) is 14.8. The number of hydrogen-bond acceptors (Lipinski definition) is 5. The average molecular weight is 563 g/mol.